The summed E-state index contributed by atoms with van der Waals surface area (Å²) in [5.41, 5.74) is 6.17. The molecular weight excluding hydrogens is 190 g/mol. The van der Waals surface area contributed by atoms with Crippen LogP contribution in [0.5, 0.6) is 0 Å². The molecule has 4 aliphatic rings. The Labute approximate surface area is 90.0 Å². The first-order valence-corrected chi connectivity index (χ1v) is 6.13. The van der Waals surface area contributed by atoms with Crippen molar-refractivity contribution in [1.29, 1.82) is 0 Å². The molecule has 15 heavy (non-hydrogen) atoms. The first kappa shape index (κ1) is 9.64. The van der Waals surface area contributed by atoms with Crippen molar-refractivity contribution >= 4 is 5.97 Å². The fourth-order valence-corrected chi connectivity index (χ4v) is 4.54. The SMILES string of the molecule is N[C@H]1C2CC3CC(CC(C3)[C@H]1C(=O)O)C2. The molecule has 0 spiro atoms. The van der Waals surface area contributed by atoms with Crippen LogP contribution in [0.25, 0.3) is 0 Å². The van der Waals surface area contributed by atoms with Crippen LogP contribution in [0.1, 0.15) is 32.1 Å². The monoisotopic (exact) mass is 209 g/mol. The molecule has 4 atom stereocenters. The summed E-state index contributed by atoms with van der Waals surface area (Å²) in [5, 5.41) is 9.30. The lowest BCUT2D eigenvalue weighted by Gasteiger charge is -2.38. The number of hydrogen-bond donors (Lipinski definition) is 2. The maximum atomic E-state index is 11.3. The van der Waals surface area contributed by atoms with Gasteiger partial charge in [-0.25, -0.2) is 0 Å². The first-order chi connectivity index (χ1) is 7.15. The van der Waals surface area contributed by atoms with Crippen LogP contribution >= 0.6 is 0 Å². The fourth-order valence-electron chi connectivity index (χ4n) is 4.54. The average molecular weight is 209 g/mol. The topological polar surface area (TPSA) is 63.3 Å². The van der Waals surface area contributed by atoms with E-state index in [0.717, 1.165) is 24.7 Å². The number of rotatable bonds is 1. The highest BCUT2D eigenvalue weighted by molar-refractivity contribution is 5.71. The van der Waals surface area contributed by atoms with Gasteiger partial charge in [-0.15, -0.1) is 0 Å². The zero-order valence-electron chi connectivity index (χ0n) is 8.93. The fraction of sp³-hybridized carbons (Fsp3) is 0.917. The largest absolute Gasteiger partial charge is 0.481 e. The number of hydrogen-bond acceptors (Lipinski definition) is 2. The van der Waals surface area contributed by atoms with Gasteiger partial charge in [0.15, 0.2) is 0 Å². The summed E-state index contributed by atoms with van der Waals surface area (Å²) < 4.78 is 0. The first-order valence-electron chi connectivity index (χ1n) is 6.13. The molecule has 4 saturated carbocycles. The van der Waals surface area contributed by atoms with E-state index in [4.69, 9.17) is 5.73 Å². The molecule has 2 unspecified atom stereocenters. The third-order valence-electron chi connectivity index (χ3n) is 4.96. The minimum absolute atomic E-state index is 0.0807. The van der Waals surface area contributed by atoms with Crippen molar-refractivity contribution in [2.75, 3.05) is 0 Å². The van der Waals surface area contributed by atoms with Crippen LogP contribution in [0.3, 0.4) is 0 Å². The van der Waals surface area contributed by atoms with Crippen LogP contribution in [0, 0.1) is 29.6 Å². The number of aliphatic carboxylic acids is 1. The van der Waals surface area contributed by atoms with E-state index in [1.165, 1.54) is 19.3 Å². The zero-order valence-corrected chi connectivity index (χ0v) is 8.93. The number of carboxylic acids is 1. The quantitative estimate of drug-likeness (QED) is 0.687. The van der Waals surface area contributed by atoms with Crippen molar-refractivity contribution in [2.24, 2.45) is 35.3 Å². The van der Waals surface area contributed by atoms with Gasteiger partial charge >= 0.3 is 5.97 Å². The summed E-state index contributed by atoms with van der Waals surface area (Å²) in [4.78, 5) is 11.3. The molecule has 3 N–H and O–H groups in total. The average Bonchev–Trinajstić information content (AvgIpc) is 2.28. The van der Waals surface area contributed by atoms with E-state index in [2.05, 4.69) is 0 Å². The van der Waals surface area contributed by atoms with Crippen LogP contribution in [-0.2, 0) is 4.79 Å². The minimum atomic E-state index is -0.652. The molecule has 0 aromatic heterocycles. The predicted octanol–water partition coefficient (Wildman–Crippen LogP) is 1.47. The highest BCUT2D eigenvalue weighted by atomic mass is 16.4. The third-order valence-corrected chi connectivity index (χ3v) is 4.96. The molecule has 0 heterocycles. The number of carboxylic acid groups (broad SMARTS) is 1. The minimum Gasteiger partial charge on any atom is -0.481 e. The summed E-state index contributed by atoms with van der Waals surface area (Å²) in [6, 6.07) is -0.0807. The van der Waals surface area contributed by atoms with Gasteiger partial charge in [-0.2, -0.15) is 0 Å². The summed E-state index contributed by atoms with van der Waals surface area (Å²) in [6.45, 7) is 0. The highest BCUT2D eigenvalue weighted by Gasteiger charge is 2.49. The summed E-state index contributed by atoms with van der Waals surface area (Å²) in [6.07, 6.45) is 5.97. The Bertz CT molecular complexity index is 277. The van der Waals surface area contributed by atoms with Gasteiger partial charge in [0.25, 0.3) is 0 Å². The van der Waals surface area contributed by atoms with E-state index in [1.807, 2.05) is 0 Å². The Morgan fingerprint density at radius 3 is 2.07 bits per heavy atom. The molecule has 4 fully saturated rings. The van der Waals surface area contributed by atoms with E-state index in [1.54, 1.807) is 0 Å². The van der Waals surface area contributed by atoms with Crippen molar-refractivity contribution in [2.45, 2.75) is 38.1 Å². The van der Waals surface area contributed by atoms with Crippen LogP contribution in [0.15, 0.2) is 0 Å². The maximum absolute atomic E-state index is 11.3. The van der Waals surface area contributed by atoms with Crippen molar-refractivity contribution in [3.63, 3.8) is 0 Å². The van der Waals surface area contributed by atoms with Crippen LogP contribution in [0.4, 0.5) is 0 Å². The van der Waals surface area contributed by atoms with Crippen LogP contribution in [-0.4, -0.2) is 17.1 Å². The second-order valence-electron chi connectivity index (χ2n) is 5.87. The molecule has 0 aliphatic heterocycles. The molecule has 0 aromatic carbocycles. The molecule has 4 rings (SSSR count). The summed E-state index contributed by atoms with van der Waals surface area (Å²) in [5.74, 6) is 1.51. The second-order valence-corrected chi connectivity index (χ2v) is 5.87. The Morgan fingerprint density at radius 1 is 1.00 bits per heavy atom. The van der Waals surface area contributed by atoms with Crippen molar-refractivity contribution < 1.29 is 9.90 Å². The van der Waals surface area contributed by atoms with Gasteiger partial charge < -0.3 is 10.8 Å². The van der Waals surface area contributed by atoms with Crippen LogP contribution in [0.2, 0.25) is 0 Å². The molecule has 3 heteroatoms. The Balaban J connectivity index is 1.95. The number of fused-ring (bicyclic) bond motifs is 1. The van der Waals surface area contributed by atoms with E-state index in [-0.39, 0.29) is 12.0 Å². The lowest BCUT2D eigenvalue weighted by atomic mass is 9.67. The molecule has 0 saturated heterocycles. The zero-order chi connectivity index (χ0) is 10.6. The van der Waals surface area contributed by atoms with Gasteiger partial charge in [-0.3, -0.25) is 4.79 Å². The molecule has 4 bridgehead atoms. The Hall–Kier alpha value is -0.570. The Morgan fingerprint density at radius 2 is 1.53 bits per heavy atom. The molecule has 0 aromatic rings. The van der Waals surface area contributed by atoms with Gasteiger partial charge in [0.05, 0.1) is 5.92 Å². The predicted molar refractivity (Wildman–Crippen MR) is 56.1 cm³/mol. The lowest BCUT2D eigenvalue weighted by Crippen LogP contribution is -2.42. The molecule has 0 amide bonds. The molecule has 4 aliphatic carbocycles. The van der Waals surface area contributed by atoms with Gasteiger partial charge in [0, 0.05) is 6.04 Å². The lowest BCUT2D eigenvalue weighted by molar-refractivity contribution is -0.145. The second kappa shape index (κ2) is 3.21. The molecule has 3 nitrogen and oxygen atoms in total. The van der Waals surface area contributed by atoms with Crippen molar-refractivity contribution in [3.05, 3.63) is 0 Å². The van der Waals surface area contributed by atoms with Gasteiger partial charge in [-0.1, -0.05) is 0 Å². The van der Waals surface area contributed by atoms with Crippen LogP contribution < -0.4 is 5.73 Å². The number of nitrogens with two attached hydrogens (primary N) is 1. The standard InChI is InChI=1S/C12H19NO2/c13-11-9-4-6-1-7(5-9)3-8(2-6)10(11)12(14)15/h6-11H,1-5,13H2,(H,14,15)/t6?,7?,8?,9?,10-,11+/m1/s1. The van der Waals surface area contributed by atoms with E-state index < -0.39 is 5.97 Å². The highest BCUT2D eigenvalue weighted by Crippen LogP contribution is 2.52. The van der Waals surface area contributed by atoms with E-state index in [9.17, 15) is 9.90 Å². The molecule has 0 radical (unpaired) electrons. The van der Waals surface area contributed by atoms with Crippen molar-refractivity contribution in [1.82, 2.24) is 0 Å². The summed E-state index contributed by atoms with van der Waals surface area (Å²) in [7, 11) is 0. The van der Waals surface area contributed by atoms with E-state index >= 15 is 0 Å². The number of carbonyl (C=O) groups is 1. The van der Waals surface area contributed by atoms with Crippen molar-refractivity contribution in [3.8, 4) is 0 Å². The smallest absolute Gasteiger partial charge is 0.308 e. The van der Waals surface area contributed by atoms with E-state index in [0.29, 0.717) is 11.8 Å². The Kier molecular flexibility index (Phi) is 2.06. The van der Waals surface area contributed by atoms with Gasteiger partial charge in [0.1, 0.15) is 0 Å². The molecular formula is C12H19NO2. The van der Waals surface area contributed by atoms with Gasteiger partial charge in [0.2, 0.25) is 0 Å². The molecule has 84 valence electrons. The van der Waals surface area contributed by atoms with Gasteiger partial charge in [-0.05, 0) is 55.8 Å². The maximum Gasteiger partial charge on any atom is 0.308 e. The normalized spacial score (nSPS) is 52.9. The summed E-state index contributed by atoms with van der Waals surface area (Å²) >= 11 is 0. The third kappa shape index (κ3) is 1.40.